The smallest absolute Gasteiger partial charge is 0.157 e. The molecule has 0 aliphatic heterocycles. The van der Waals surface area contributed by atoms with Crippen LogP contribution in [-0.4, -0.2) is 16.4 Å². The molecule has 0 N–H and O–H groups in total. The molecule has 0 aliphatic carbocycles. The Morgan fingerprint density at radius 2 is 2.00 bits per heavy atom. The zero-order valence-corrected chi connectivity index (χ0v) is 11.0. The standard InChI is InChI=1S/C15H20N2O/c1-13(2)17-12-15(11-16-17)18-10-6-9-14-7-4-3-5-8-14/h3-5,7-8,11-13H,6,9-10H2,1-2H3. The van der Waals surface area contributed by atoms with E-state index in [2.05, 4.69) is 43.2 Å². The van der Waals surface area contributed by atoms with Gasteiger partial charge in [-0.05, 0) is 32.3 Å². The van der Waals surface area contributed by atoms with Crippen LogP contribution in [0.5, 0.6) is 5.75 Å². The predicted octanol–water partition coefficient (Wildman–Crippen LogP) is 3.48. The van der Waals surface area contributed by atoms with E-state index in [4.69, 9.17) is 4.74 Å². The fraction of sp³-hybridized carbons (Fsp3) is 0.400. The van der Waals surface area contributed by atoms with Crippen LogP contribution < -0.4 is 4.74 Å². The van der Waals surface area contributed by atoms with Crippen molar-refractivity contribution in [2.24, 2.45) is 0 Å². The molecule has 0 unspecified atom stereocenters. The van der Waals surface area contributed by atoms with Gasteiger partial charge in [0.2, 0.25) is 0 Å². The number of hydrogen-bond acceptors (Lipinski definition) is 2. The van der Waals surface area contributed by atoms with Crippen LogP contribution in [0.15, 0.2) is 42.7 Å². The average Bonchev–Trinajstić information content (AvgIpc) is 2.85. The Hall–Kier alpha value is -1.77. The van der Waals surface area contributed by atoms with Crippen LogP contribution in [0, 0.1) is 0 Å². The lowest BCUT2D eigenvalue weighted by molar-refractivity contribution is 0.310. The third-order valence-electron chi connectivity index (χ3n) is 2.83. The molecular formula is C15H20N2O. The van der Waals surface area contributed by atoms with Crippen LogP contribution in [0.4, 0.5) is 0 Å². The maximum absolute atomic E-state index is 5.68. The van der Waals surface area contributed by atoms with Gasteiger partial charge in [-0.3, -0.25) is 4.68 Å². The van der Waals surface area contributed by atoms with E-state index in [1.807, 2.05) is 16.9 Å². The molecule has 0 fully saturated rings. The van der Waals surface area contributed by atoms with Crippen LogP contribution in [0.1, 0.15) is 31.9 Å². The second-order valence-corrected chi connectivity index (χ2v) is 4.69. The van der Waals surface area contributed by atoms with Gasteiger partial charge in [0.25, 0.3) is 0 Å². The second kappa shape index (κ2) is 6.24. The molecule has 0 atom stereocenters. The van der Waals surface area contributed by atoms with Gasteiger partial charge in [0.1, 0.15) is 0 Å². The van der Waals surface area contributed by atoms with E-state index in [0.717, 1.165) is 25.2 Å². The quantitative estimate of drug-likeness (QED) is 0.727. The van der Waals surface area contributed by atoms with Gasteiger partial charge in [0.05, 0.1) is 19.0 Å². The maximum Gasteiger partial charge on any atom is 0.157 e. The minimum atomic E-state index is 0.381. The fourth-order valence-corrected chi connectivity index (χ4v) is 1.79. The minimum absolute atomic E-state index is 0.381. The van der Waals surface area contributed by atoms with Crippen molar-refractivity contribution >= 4 is 0 Å². The first-order valence-corrected chi connectivity index (χ1v) is 6.46. The molecule has 1 heterocycles. The van der Waals surface area contributed by atoms with Crippen molar-refractivity contribution in [2.45, 2.75) is 32.7 Å². The summed E-state index contributed by atoms with van der Waals surface area (Å²) in [5, 5.41) is 4.24. The predicted molar refractivity (Wildman–Crippen MR) is 72.9 cm³/mol. The highest BCUT2D eigenvalue weighted by Gasteiger charge is 2.02. The lowest BCUT2D eigenvalue weighted by Gasteiger charge is -2.04. The van der Waals surface area contributed by atoms with Gasteiger partial charge >= 0.3 is 0 Å². The summed E-state index contributed by atoms with van der Waals surface area (Å²) < 4.78 is 7.58. The summed E-state index contributed by atoms with van der Waals surface area (Å²) in [6.45, 7) is 4.94. The lowest BCUT2D eigenvalue weighted by atomic mass is 10.1. The molecular weight excluding hydrogens is 224 g/mol. The molecule has 0 bridgehead atoms. The minimum Gasteiger partial charge on any atom is -0.490 e. The van der Waals surface area contributed by atoms with Crippen LogP contribution in [-0.2, 0) is 6.42 Å². The van der Waals surface area contributed by atoms with Crippen LogP contribution in [0.3, 0.4) is 0 Å². The Labute approximate surface area is 108 Å². The average molecular weight is 244 g/mol. The molecule has 1 aromatic heterocycles. The Morgan fingerprint density at radius 1 is 1.22 bits per heavy atom. The van der Waals surface area contributed by atoms with Gasteiger partial charge < -0.3 is 4.74 Å². The maximum atomic E-state index is 5.68. The summed E-state index contributed by atoms with van der Waals surface area (Å²) in [6.07, 6.45) is 5.81. The number of hydrogen-bond donors (Lipinski definition) is 0. The molecule has 18 heavy (non-hydrogen) atoms. The van der Waals surface area contributed by atoms with E-state index in [0.29, 0.717) is 6.04 Å². The van der Waals surface area contributed by atoms with E-state index in [-0.39, 0.29) is 0 Å². The molecule has 3 nitrogen and oxygen atoms in total. The Kier molecular flexibility index (Phi) is 4.40. The third kappa shape index (κ3) is 3.62. The van der Waals surface area contributed by atoms with E-state index in [1.165, 1.54) is 5.56 Å². The van der Waals surface area contributed by atoms with Crippen molar-refractivity contribution in [3.8, 4) is 5.75 Å². The Balaban J connectivity index is 1.72. The topological polar surface area (TPSA) is 27.1 Å². The summed E-state index contributed by atoms with van der Waals surface area (Å²) in [5.74, 6) is 0.858. The molecule has 2 rings (SSSR count). The SMILES string of the molecule is CC(C)n1cc(OCCCc2ccccc2)cn1. The highest BCUT2D eigenvalue weighted by Crippen LogP contribution is 2.13. The summed E-state index contributed by atoms with van der Waals surface area (Å²) in [5.41, 5.74) is 1.36. The first kappa shape index (κ1) is 12.7. The van der Waals surface area contributed by atoms with Gasteiger partial charge in [0.15, 0.2) is 5.75 Å². The molecule has 0 saturated heterocycles. The van der Waals surface area contributed by atoms with Crippen molar-refractivity contribution < 1.29 is 4.74 Å². The summed E-state index contributed by atoms with van der Waals surface area (Å²) >= 11 is 0. The molecule has 0 amide bonds. The number of aromatic nitrogens is 2. The number of benzene rings is 1. The largest absolute Gasteiger partial charge is 0.490 e. The van der Waals surface area contributed by atoms with Crippen LogP contribution >= 0.6 is 0 Å². The fourth-order valence-electron chi connectivity index (χ4n) is 1.79. The van der Waals surface area contributed by atoms with Crippen molar-refractivity contribution in [3.05, 3.63) is 48.3 Å². The molecule has 3 heteroatoms. The highest BCUT2D eigenvalue weighted by molar-refractivity contribution is 5.15. The molecule has 0 radical (unpaired) electrons. The van der Waals surface area contributed by atoms with Crippen molar-refractivity contribution in [2.75, 3.05) is 6.61 Å². The first-order valence-electron chi connectivity index (χ1n) is 6.46. The van der Waals surface area contributed by atoms with Crippen LogP contribution in [0.2, 0.25) is 0 Å². The van der Waals surface area contributed by atoms with E-state index < -0.39 is 0 Å². The normalized spacial score (nSPS) is 10.8. The van der Waals surface area contributed by atoms with E-state index in [9.17, 15) is 0 Å². The number of aryl methyl sites for hydroxylation is 1. The van der Waals surface area contributed by atoms with Gasteiger partial charge in [-0.15, -0.1) is 0 Å². The molecule has 1 aromatic carbocycles. The zero-order chi connectivity index (χ0) is 12.8. The second-order valence-electron chi connectivity index (χ2n) is 4.69. The van der Waals surface area contributed by atoms with Gasteiger partial charge in [-0.2, -0.15) is 5.10 Å². The number of rotatable bonds is 6. The zero-order valence-electron chi connectivity index (χ0n) is 11.0. The molecule has 0 spiro atoms. The van der Waals surface area contributed by atoms with Gasteiger partial charge in [0, 0.05) is 6.04 Å². The van der Waals surface area contributed by atoms with Gasteiger partial charge in [-0.1, -0.05) is 30.3 Å². The Bertz CT molecular complexity index is 462. The Morgan fingerprint density at radius 3 is 2.67 bits per heavy atom. The monoisotopic (exact) mass is 244 g/mol. The van der Waals surface area contributed by atoms with Crippen molar-refractivity contribution in [3.63, 3.8) is 0 Å². The molecule has 0 saturated carbocycles. The highest BCUT2D eigenvalue weighted by atomic mass is 16.5. The number of nitrogens with zero attached hydrogens (tertiary/aromatic N) is 2. The van der Waals surface area contributed by atoms with Crippen LogP contribution in [0.25, 0.3) is 0 Å². The third-order valence-corrected chi connectivity index (χ3v) is 2.83. The summed E-state index contributed by atoms with van der Waals surface area (Å²) in [6, 6.07) is 10.9. The lowest BCUT2D eigenvalue weighted by Crippen LogP contribution is -2.01. The number of ether oxygens (including phenoxy) is 1. The summed E-state index contributed by atoms with van der Waals surface area (Å²) in [7, 11) is 0. The first-order chi connectivity index (χ1) is 8.75. The van der Waals surface area contributed by atoms with Crippen molar-refractivity contribution in [1.82, 2.24) is 9.78 Å². The molecule has 0 aliphatic rings. The van der Waals surface area contributed by atoms with E-state index in [1.54, 1.807) is 6.20 Å². The van der Waals surface area contributed by atoms with Crippen molar-refractivity contribution in [1.29, 1.82) is 0 Å². The summed E-state index contributed by atoms with van der Waals surface area (Å²) in [4.78, 5) is 0. The van der Waals surface area contributed by atoms with E-state index >= 15 is 0 Å². The van der Waals surface area contributed by atoms with Gasteiger partial charge in [-0.25, -0.2) is 0 Å². The molecule has 2 aromatic rings. The molecule has 96 valence electrons.